The van der Waals surface area contributed by atoms with Crippen LogP contribution in [0.15, 0.2) is 41.5 Å². The first-order valence-corrected chi connectivity index (χ1v) is 9.36. The predicted molar refractivity (Wildman–Crippen MR) is 111 cm³/mol. The monoisotopic (exact) mass is 384 g/mol. The number of hydrogen-bond donors (Lipinski definition) is 1. The lowest BCUT2D eigenvalue weighted by atomic mass is 10.1. The summed E-state index contributed by atoms with van der Waals surface area (Å²) in [5.41, 5.74) is 5.39. The van der Waals surface area contributed by atoms with Crippen LogP contribution >= 0.6 is 0 Å². The van der Waals surface area contributed by atoms with Crippen molar-refractivity contribution in [3.05, 3.63) is 53.1 Å². The molecule has 0 saturated heterocycles. The van der Waals surface area contributed by atoms with Gasteiger partial charge in [-0.1, -0.05) is 31.0 Å². The minimum Gasteiger partial charge on any atom is -0.493 e. The highest BCUT2D eigenvalue weighted by atomic mass is 16.5. The molecule has 0 aliphatic carbocycles. The number of unbranched alkanes of at least 4 members (excludes halogenated alkanes) is 1. The summed E-state index contributed by atoms with van der Waals surface area (Å²) in [7, 11) is 1.59. The van der Waals surface area contributed by atoms with Crippen LogP contribution in [0.1, 0.15) is 36.5 Å². The molecule has 0 bridgehead atoms. The quantitative estimate of drug-likeness (QED) is 0.382. The number of methoxy groups -OCH3 is 1. The highest BCUT2D eigenvalue weighted by Gasteiger charge is 2.06. The largest absolute Gasteiger partial charge is 0.493 e. The van der Waals surface area contributed by atoms with Crippen LogP contribution < -0.4 is 19.6 Å². The lowest BCUT2D eigenvalue weighted by Crippen LogP contribution is -2.24. The Hall–Kier alpha value is -3.02. The van der Waals surface area contributed by atoms with Crippen molar-refractivity contribution in [1.82, 2.24) is 5.43 Å². The number of amides is 1. The SMILES string of the molecule is CCCCOc1ccc(C=NNC(=O)COc2ccc(C)cc2C)cc1OC. The van der Waals surface area contributed by atoms with Crippen molar-refractivity contribution in [1.29, 1.82) is 0 Å². The molecule has 1 amide bonds. The summed E-state index contributed by atoms with van der Waals surface area (Å²) in [6, 6.07) is 11.3. The van der Waals surface area contributed by atoms with Gasteiger partial charge in [0.25, 0.3) is 5.91 Å². The van der Waals surface area contributed by atoms with Gasteiger partial charge in [0, 0.05) is 0 Å². The van der Waals surface area contributed by atoms with Crippen LogP contribution in [0.3, 0.4) is 0 Å². The van der Waals surface area contributed by atoms with Gasteiger partial charge >= 0.3 is 0 Å². The number of rotatable bonds is 10. The molecule has 0 unspecified atom stereocenters. The van der Waals surface area contributed by atoms with Crippen molar-refractivity contribution in [2.45, 2.75) is 33.6 Å². The Bertz CT molecular complexity index is 818. The van der Waals surface area contributed by atoms with Crippen LogP contribution in [0.2, 0.25) is 0 Å². The molecule has 0 aromatic heterocycles. The Morgan fingerprint density at radius 1 is 1.07 bits per heavy atom. The fourth-order valence-corrected chi connectivity index (χ4v) is 2.53. The third-order valence-electron chi connectivity index (χ3n) is 4.04. The van der Waals surface area contributed by atoms with E-state index < -0.39 is 0 Å². The smallest absolute Gasteiger partial charge is 0.277 e. The summed E-state index contributed by atoms with van der Waals surface area (Å²) in [5, 5.41) is 3.97. The molecule has 150 valence electrons. The summed E-state index contributed by atoms with van der Waals surface area (Å²) in [4.78, 5) is 11.9. The van der Waals surface area contributed by atoms with Crippen LogP contribution in [-0.4, -0.2) is 32.4 Å². The highest BCUT2D eigenvalue weighted by molar-refractivity contribution is 5.83. The maximum Gasteiger partial charge on any atom is 0.277 e. The molecule has 0 spiro atoms. The number of carbonyl (C=O) groups excluding carboxylic acids is 1. The van der Waals surface area contributed by atoms with Gasteiger partial charge in [-0.2, -0.15) is 5.10 Å². The zero-order valence-electron chi connectivity index (χ0n) is 17.0. The van der Waals surface area contributed by atoms with Crippen LogP contribution in [-0.2, 0) is 4.79 Å². The van der Waals surface area contributed by atoms with Gasteiger partial charge in [0.2, 0.25) is 0 Å². The summed E-state index contributed by atoms with van der Waals surface area (Å²) >= 11 is 0. The lowest BCUT2D eigenvalue weighted by Gasteiger charge is -2.10. The summed E-state index contributed by atoms with van der Waals surface area (Å²) in [6.07, 6.45) is 3.61. The molecular weight excluding hydrogens is 356 g/mol. The van der Waals surface area contributed by atoms with E-state index in [1.165, 1.54) is 0 Å². The normalized spacial score (nSPS) is 10.7. The van der Waals surface area contributed by atoms with Gasteiger partial charge in [-0.05, 0) is 55.7 Å². The van der Waals surface area contributed by atoms with Gasteiger partial charge in [0.1, 0.15) is 5.75 Å². The van der Waals surface area contributed by atoms with Gasteiger partial charge < -0.3 is 14.2 Å². The molecule has 0 atom stereocenters. The fraction of sp³-hybridized carbons (Fsp3) is 0.364. The molecule has 0 fully saturated rings. The number of aryl methyl sites for hydroxylation is 2. The van der Waals surface area contributed by atoms with Crippen molar-refractivity contribution in [2.75, 3.05) is 20.3 Å². The summed E-state index contributed by atoms with van der Waals surface area (Å²) < 4.78 is 16.6. The van der Waals surface area contributed by atoms with Crippen LogP contribution in [0.25, 0.3) is 0 Å². The van der Waals surface area contributed by atoms with E-state index in [0.29, 0.717) is 23.9 Å². The number of hydrazone groups is 1. The Morgan fingerprint density at radius 3 is 2.57 bits per heavy atom. The van der Waals surface area contributed by atoms with E-state index in [0.717, 1.165) is 29.5 Å². The number of nitrogens with one attached hydrogen (secondary N) is 1. The third-order valence-corrected chi connectivity index (χ3v) is 4.04. The van der Waals surface area contributed by atoms with Gasteiger partial charge in [-0.3, -0.25) is 4.79 Å². The molecule has 1 N–H and O–H groups in total. The first-order chi connectivity index (χ1) is 13.5. The number of ether oxygens (including phenoxy) is 3. The predicted octanol–water partition coefficient (Wildman–Crippen LogP) is 4.02. The molecule has 0 saturated carbocycles. The zero-order valence-corrected chi connectivity index (χ0v) is 17.0. The van der Waals surface area contributed by atoms with E-state index in [4.69, 9.17) is 14.2 Å². The van der Waals surface area contributed by atoms with Gasteiger partial charge in [0.15, 0.2) is 18.1 Å². The second-order valence-corrected chi connectivity index (χ2v) is 6.46. The molecular formula is C22H28N2O4. The van der Waals surface area contributed by atoms with Gasteiger partial charge in [-0.15, -0.1) is 0 Å². The third kappa shape index (κ3) is 6.61. The average Bonchev–Trinajstić information content (AvgIpc) is 2.68. The zero-order chi connectivity index (χ0) is 20.4. The number of carbonyl (C=O) groups is 1. The van der Waals surface area contributed by atoms with Crippen molar-refractivity contribution in [3.63, 3.8) is 0 Å². The number of nitrogens with zero attached hydrogens (tertiary/aromatic N) is 1. The number of benzene rings is 2. The second kappa shape index (κ2) is 11.0. The molecule has 2 aromatic carbocycles. The maximum atomic E-state index is 11.9. The first kappa shape index (κ1) is 21.3. The molecule has 2 aromatic rings. The maximum absolute atomic E-state index is 11.9. The highest BCUT2D eigenvalue weighted by Crippen LogP contribution is 2.27. The molecule has 6 nitrogen and oxygen atoms in total. The summed E-state index contributed by atoms with van der Waals surface area (Å²) in [6.45, 7) is 6.62. The molecule has 0 heterocycles. The van der Waals surface area contributed by atoms with Crippen LogP contribution in [0, 0.1) is 13.8 Å². The number of hydrogen-bond acceptors (Lipinski definition) is 5. The molecule has 0 radical (unpaired) electrons. The van der Waals surface area contributed by atoms with E-state index in [1.54, 1.807) is 13.3 Å². The minimum absolute atomic E-state index is 0.102. The molecule has 28 heavy (non-hydrogen) atoms. The Labute approximate surface area is 166 Å². The molecule has 2 rings (SSSR count). The Balaban J connectivity index is 1.86. The van der Waals surface area contributed by atoms with E-state index in [-0.39, 0.29) is 12.5 Å². The lowest BCUT2D eigenvalue weighted by molar-refractivity contribution is -0.123. The van der Waals surface area contributed by atoms with Crippen molar-refractivity contribution >= 4 is 12.1 Å². The second-order valence-electron chi connectivity index (χ2n) is 6.46. The van der Waals surface area contributed by atoms with Crippen molar-refractivity contribution in [2.24, 2.45) is 5.10 Å². The minimum atomic E-state index is -0.331. The van der Waals surface area contributed by atoms with Gasteiger partial charge in [-0.25, -0.2) is 5.43 Å². The Morgan fingerprint density at radius 2 is 1.86 bits per heavy atom. The standard InChI is InChI=1S/C22H28N2O4/c1-5-6-11-27-20-10-8-18(13-21(20)26-4)14-23-24-22(25)15-28-19-9-7-16(2)12-17(19)3/h7-10,12-14H,5-6,11,15H2,1-4H3,(H,24,25). The van der Waals surface area contributed by atoms with E-state index in [2.05, 4.69) is 17.5 Å². The molecule has 0 aliphatic heterocycles. The van der Waals surface area contributed by atoms with Crippen molar-refractivity contribution < 1.29 is 19.0 Å². The molecule has 6 heteroatoms. The summed E-state index contributed by atoms with van der Waals surface area (Å²) in [5.74, 6) is 1.68. The molecule has 0 aliphatic rings. The van der Waals surface area contributed by atoms with E-state index in [9.17, 15) is 4.79 Å². The Kier molecular flexibility index (Phi) is 8.34. The topological polar surface area (TPSA) is 69.2 Å². The van der Waals surface area contributed by atoms with Gasteiger partial charge in [0.05, 0.1) is 19.9 Å². The van der Waals surface area contributed by atoms with E-state index >= 15 is 0 Å². The van der Waals surface area contributed by atoms with E-state index in [1.807, 2.05) is 50.2 Å². The van der Waals surface area contributed by atoms with Crippen LogP contribution in [0.4, 0.5) is 0 Å². The fourth-order valence-electron chi connectivity index (χ4n) is 2.53. The average molecular weight is 384 g/mol. The first-order valence-electron chi connectivity index (χ1n) is 9.36. The van der Waals surface area contributed by atoms with Crippen LogP contribution in [0.5, 0.6) is 17.2 Å². The van der Waals surface area contributed by atoms with Crippen molar-refractivity contribution in [3.8, 4) is 17.2 Å².